The van der Waals surface area contributed by atoms with Crippen molar-refractivity contribution >= 4 is 28.4 Å². The van der Waals surface area contributed by atoms with Crippen LogP contribution in [-0.4, -0.2) is 26.9 Å². The first-order chi connectivity index (χ1) is 9.54. The average molecular weight is 296 g/mol. The van der Waals surface area contributed by atoms with E-state index in [9.17, 15) is 14.5 Å². The number of fused-ring (bicyclic) bond motifs is 1. The number of nitro benzene ring substituents is 1. The third-order valence-electron chi connectivity index (χ3n) is 2.83. The summed E-state index contributed by atoms with van der Waals surface area (Å²) in [5.41, 5.74) is -0.00116. The van der Waals surface area contributed by atoms with Crippen LogP contribution in [0.2, 0.25) is 0 Å². The van der Waals surface area contributed by atoms with Gasteiger partial charge in [-0.25, -0.2) is 4.39 Å². The number of aliphatic hydroxyl groups excluding tert-OH is 1. The molecule has 0 saturated carbocycles. The predicted molar refractivity (Wildman–Crippen MR) is 75.4 cm³/mol. The van der Waals surface area contributed by atoms with Gasteiger partial charge in [-0.05, 0) is 18.6 Å². The molecule has 1 unspecified atom stereocenters. The molecule has 0 bridgehead atoms. The van der Waals surface area contributed by atoms with Gasteiger partial charge in [-0.15, -0.1) is 11.8 Å². The number of aliphatic hydroxyl groups is 1. The minimum atomic E-state index is -0.655. The molecule has 20 heavy (non-hydrogen) atoms. The summed E-state index contributed by atoms with van der Waals surface area (Å²) >= 11 is 1.22. The SMILES string of the molecule is CC(CCO)Sc1c(F)cc([N+](=O)[O-])c2cccnc12. The van der Waals surface area contributed by atoms with Gasteiger partial charge in [0.15, 0.2) is 0 Å². The zero-order valence-corrected chi connectivity index (χ0v) is 11.6. The van der Waals surface area contributed by atoms with Crippen molar-refractivity contribution in [2.75, 3.05) is 6.61 Å². The molecule has 2 aromatic rings. The molecule has 0 aliphatic carbocycles. The van der Waals surface area contributed by atoms with E-state index in [-0.39, 0.29) is 28.0 Å². The van der Waals surface area contributed by atoms with Crippen LogP contribution in [0.4, 0.5) is 10.1 Å². The lowest BCUT2D eigenvalue weighted by atomic mass is 10.2. The molecule has 0 radical (unpaired) electrons. The molecule has 1 aromatic heterocycles. The zero-order valence-electron chi connectivity index (χ0n) is 10.7. The highest BCUT2D eigenvalue weighted by Gasteiger charge is 2.21. The van der Waals surface area contributed by atoms with Gasteiger partial charge in [0.1, 0.15) is 5.82 Å². The molecule has 1 aromatic carbocycles. The summed E-state index contributed by atoms with van der Waals surface area (Å²) < 4.78 is 14.1. The molecular weight excluding hydrogens is 283 g/mol. The molecule has 1 N–H and O–H groups in total. The van der Waals surface area contributed by atoms with E-state index in [2.05, 4.69) is 4.98 Å². The van der Waals surface area contributed by atoms with Crippen molar-refractivity contribution in [2.24, 2.45) is 0 Å². The number of rotatable bonds is 5. The van der Waals surface area contributed by atoms with Crippen molar-refractivity contribution in [3.8, 4) is 0 Å². The molecule has 5 nitrogen and oxygen atoms in total. The summed E-state index contributed by atoms with van der Waals surface area (Å²) in [6, 6.07) is 4.07. The van der Waals surface area contributed by atoms with Crippen molar-refractivity contribution in [3.05, 3.63) is 40.3 Å². The van der Waals surface area contributed by atoms with Gasteiger partial charge in [-0.3, -0.25) is 15.1 Å². The third kappa shape index (κ3) is 2.88. The van der Waals surface area contributed by atoms with Crippen LogP contribution in [0.5, 0.6) is 0 Å². The molecular formula is C13H13FN2O3S. The first-order valence-corrected chi connectivity index (χ1v) is 6.91. The molecule has 0 saturated heterocycles. The monoisotopic (exact) mass is 296 g/mol. The van der Waals surface area contributed by atoms with E-state index in [1.165, 1.54) is 18.0 Å². The van der Waals surface area contributed by atoms with Gasteiger partial charge in [-0.2, -0.15) is 0 Å². The Morgan fingerprint density at radius 1 is 1.60 bits per heavy atom. The lowest BCUT2D eigenvalue weighted by molar-refractivity contribution is -0.383. The van der Waals surface area contributed by atoms with E-state index >= 15 is 0 Å². The number of aromatic nitrogens is 1. The highest BCUT2D eigenvalue weighted by Crippen LogP contribution is 2.37. The third-order valence-corrected chi connectivity index (χ3v) is 4.09. The number of hydrogen-bond acceptors (Lipinski definition) is 5. The second kappa shape index (κ2) is 6.15. The van der Waals surface area contributed by atoms with E-state index in [4.69, 9.17) is 5.11 Å². The van der Waals surface area contributed by atoms with Gasteiger partial charge < -0.3 is 5.11 Å². The zero-order chi connectivity index (χ0) is 14.7. The number of pyridine rings is 1. The fourth-order valence-corrected chi connectivity index (χ4v) is 2.95. The Labute approximate surface area is 119 Å². The maximum atomic E-state index is 14.1. The number of nitrogens with zero attached hydrogens (tertiary/aromatic N) is 2. The summed E-state index contributed by atoms with van der Waals surface area (Å²) in [6.07, 6.45) is 1.99. The second-order valence-electron chi connectivity index (χ2n) is 4.30. The smallest absolute Gasteiger partial charge is 0.281 e. The number of thioether (sulfide) groups is 1. The van der Waals surface area contributed by atoms with Crippen molar-refractivity contribution < 1.29 is 14.4 Å². The maximum absolute atomic E-state index is 14.1. The van der Waals surface area contributed by atoms with E-state index in [1.807, 2.05) is 6.92 Å². The second-order valence-corrected chi connectivity index (χ2v) is 5.75. The summed E-state index contributed by atoms with van der Waals surface area (Å²) in [6.45, 7) is 1.87. The largest absolute Gasteiger partial charge is 0.396 e. The van der Waals surface area contributed by atoms with Gasteiger partial charge in [0, 0.05) is 18.1 Å². The molecule has 1 atom stereocenters. The fourth-order valence-electron chi connectivity index (χ4n) is 1.87. The van der Waals surface area contributed by atoms with Gasteiger partial charge >= 0.3 is 0 Å². The lowest BCUT2D eigenvalue weighted by Crippen LogP contribution is -2.02. The van der Waals surface area contributed by atoms with Crippen LogP contribution in [-0.2, 0) is 0 Å². The Morgan fingerprint density at radius 2 is 2.35 bits per heavy atom. The molecule has 0 spiro atoms. The average Bonchev–Trinajstić information content (AvgIpc) is 2.41. The Morgan fingerprint density at radius 3 is 3.00 bits per heavy atom. The van der Waals surface area contributed by atoms with Crippen molar-refractivity contribution in [3.63, 3.8) is 0 Å². The summed E-state index contributed by atoms with van der Waals surface area (Å²) in [7, 11) is 0. The van der Waals surface area contributed by atoms with Gasteiger partial charge in [-0.1, -0.05) is 6.92 Å². The standard InChI is InChI=1S/C13H13FN2O3S/c1-8(4-6-17)20-13-10(14)7-11(16(18)19)9-3-2-5-15-12(9)13/h2-3,5,7-8,17H,4,6H2,1H3. The topological polar surface area (TPSA) is 76.3 Å². The van der Waals surface area contributed by atoms with Gasteiger partial charge in [0.2, 0.25) is 0 Å². The van der Waals surface area contributed by atoms with Crippen LogP contribution in [0.25, 0.3) is 10.9 Å². The molecule has 1 heterocycles. The number of non-ortho nitro benzene ring substituents is 1. The van der Waals surface area contributed by atoms with Crippen LogP contribution in [0.3, 0.4) is 0 Å². The van der Waals surface area contributed by atoms with Crippen molar-refractivity contribution in [1.82, 2.24) is 4.98 Å². The van der Waals surface area contributed by atoms with Crippen LogP contribution in [0, 0.1) is 15.9 Å². The molecule has 0 aliphatic rings. The predicted octanol–water partition coefficient (Wildman–Crippen LogP) is 3.15. The highest BCUT2D eigenvalue weighted by molar-refractivity contribution is 8.00. The van der Waals surface area contributed by atoms with Crippen molar-refractivity contribution in [2.45, 2.75) is 23.5 Å². The van der Waals surface area contributed by atoms with Crippen LogP contribution < -0.4 is 0 Å². The quantitative estimate of drug-likeness (QED) is 0.521. The van der Waals surface area contributed by atoms with E-state index < -0.39 is 10.7 Å². The van der Waals surface area contributed by atoms with Crippen LogP contribution in [0.15, 0.2) is 29.3 Å². The Hall–Kier alpha value is -1.73. The minimum Gasteiger partial charge on any atom is -0.396 e. The first kappa shape index (κ1) is 14.7. The maximum Gasteiger partial charge on any atom is 0.281 e. The number of halogens is 1. The Bertz CT molecular complexity index is 651. The number of hydrogen-bond donors (Lipinski definition) is 1. The number of nitro groups is 1. The Kier molecular flexibility index (Phi) is 4.51. The summed E-state index contributed by atoms with van der Waals surface area (Å²) in [5, 5.41) is 20.2. The van der Waals surface area contributed by atoms with Crippen LogP contribution in [0.1, 0.15) is 13.3 Å². The van der Waals surface area contributed by atoms with Gasteiger partial charge in [0.05, 0.1) is 26.8 Å². The summed E-state index contributed by atoms with van der Waals surface area (Å²) in [4.78, 5) is 14.7. The lowest BCUT2D eigenvalue weighted by Gasteiger charge is -2.12. The molecule has 106 valence electrons. The first-order valence-electron chi connectivity index (χ1n) is 6.03. The highest BCUT2D eigenvalue weighted by atomic mass is 32.2. The van der Waals surface area contributed by atoms with Crippen LogP contribution >= 0.6 is 11.8 Å². The molecule has 0 amide bonds. The molecule has 0 aliphatic heterocycles. The summed E-state index contributed by atoms with van der Waals surface area (Å²) in [5.74, 6) is -0.655. The molecule has 7 heteroatoms. The van der Waals surface area contributed by atoms with Crippen molar-refractivity contribution in [1.29, 1.82) is 0 Å². The Balaban J connectivity index is 2.58. The van der Waals surface area contributed by atoms with Gasteiger partial charge in [0.25, 0.3) is 5.69 Å². The molecule has 2 rings (SSSR count). The number of benzene rings is 1. The minimum absolute atomic E-state index is 0.00806. The van der Waals surface area contributed by atoms with E-state index in [0.717, 1.165) is 6.07 Å². The molecule has 0 fully saturated rings. The van der Waals surface area contributed by atoms with E-state index in [1.54, 1.807) is 12.1 Å². The van der Waals surface area contributed by atoms with E-state index in [0.29, 0.717) is 11.8 Å². The fraction of sp³-hybridized carbons (Fsp3) is 0.308. The normalized spacial score (nSPS) is 12.6.